The molecule has 1 aromatic heterocycles. The predicted octanol–water partition coefficient (Wildman–Crippen LogP) is 5.34. The molecule has 41 heavy (non-hydrogen) atoms. The molecule has 214 valence electrons. The summed E-state index contributed by atoms with van der Waals surface area (Å²) in [6, 6.07) is 13.7. The third-order valence-electron chi connectivity index (χ3n) is 8.29. The van der Waals surface area contributed by atoms with E-state index in [1.165, 1.54) is 32.1 Å². The van der Waals surface area contributed by atoms with E-state index >= 15 is 0 Å². The van der Waals surface area contributed by atoms with Crippen molar-refractivity contribution in [1.29, 1.82) is 5.41 Å². The lowest BCUT2D eigenvalue weighted by molar-refractivity contribution is 0.0719. The molecule has 1 amide bonds. The summed E-state index contributed by atoms with van der Waals surface area (Å²) >= 11 is 5.67. The Balaban J connectivity index is 1.43. The number of amidine groups is 1. The highest BCUT2D eigenvalue weighted by Crippen LogP contribution is 2.26. The number of benzene rings is 2. The Labute approximate surface area is 247 Å². The number of rotatable bonds is 11. The Morgan fingerprint density at radius 3 is 2.54 bits per heavy atom. The number of thiocarbonyl (C=S) groups is 1. The second-order valence-electron chi connectivity index (χ2n) is 11.2. The number of nitrogens with one attached hydrogen (secondary N) is 1. The number of allylic oxidation sites excluding steroid dienone is 4. The third kappa shape index (κ3) is 7.00. The quantitative estimate of drug-likeness (QED) is 0.164. The maximum atomic E-state index is 13.7. The van der Waals surface area contributed by atoms with E-state index in [0.717, 1.165) is 64.2 Å². The summed E-state index contributed by atoms with van der Waals surface area (Å²) < 4.78 is 2.24. The molecule has 5 rings (SSSR count). The molecule has 1 fully saturated rings. The molecule has 5 N–H and O–H groups in total. The molecule has 3 aromatic rings. The van der Waals surface area contributed by atoms with Crippen molar-refractivity contribution in [1.82, 2.24) is 14.5 Å². The molecule has 0 atom stereocenters. The molecule has 7 nitrogen and oxygen atoms in total. The lowest BCUT2D eigenvalue weighted by atomic mass is 9.89. The molecule has 1 saturated carbocycles. The topological polar surface area (TPSA) is 114 Å². The van der Waals surface area contributed by atoms with E-state index in [0.29, 0.717) is 31.1 Å². The van der Waals surface area contributed by atoms with Crippen LogP contribution in [0.4, 0.5) is 0 Å². The fraction of sp³-hybridized carbons (Fsp3) is 0.394. The van der Waals surface area contributed by atoms with E-state index in [1.54, 1.807) is 0 Å². The molecule has 8 heteroatoms. The summed E-state index contributed by atoms with van der Waals surface area (Å²) in [6.07, 6.45) is 14.7. The number of nitrogen functional groups attached to an aromatic ring is 1. The van der Waals surface area contributed by atoms with Gasteiger partial charge in [0.15, 0.2) is 0 Å². The molecule has 2 aliphatic rings. The van der Waals surface area contributed by atoms with E-state index < -0.39 is 0 Å². The minimum Gasteiger partial charge on any atom is -0.384 e. The van der Waals surface area contributed by atoms with Crippen molar-refractivity contribution >= 4 is 39.9 Å². The van der Waals surface area contributed by atoms with Crippen LogP contribution in [0.3, 0.4) is 0 Å². The minimum atomic E-state index is 0.0332. The zero-order chi connectivity index (χ0) is 28.8. The molecule has 1 heterocycles. The van der Waals surface area contributed by atoms with Crippen LogP contribution in [0.5, 0.6) is 0 Å². The Bertz CT molecular complexity index is 1480. The number of hydrogen-bond acceptors (Lipinski definition) is 5. The van der Waals surface area contributed by atoms with Gasteiger partial charge in [-0.25, -0.2) is 4.98 Å². The van der Waals surface area contributed by atoms with E-state index in [2.05, 4.69) is 22.8 Å². The molecule has 0 saturated heterocycles. The van der Waals surface area contributed by atoms with Gasteiger partial charge in [0.05, 0.1) is 17.6 Å². The maximum absolute atomic E-state index is 13.7. The molecule has 2 aliphatic carbocycles. The van der Waals surface area contributed by atoms with Gasteiger partial charge in [0, 0.05) is 48.5 Å². The van der Waals surface area contributed by atoms with Gasteiger partial charge < -0.3 is 20.9 Å². The fourth-order valence-corrected chi connectivity index (χ4v) is 6.21. The summed E-state index contributed by atoms with van der Waals surface area (Å²) in [5.74, 6) is 1.61. The number of nitrogens with zero attached hydrogens (tertiary/aromatic N) is 3. The Morgan fingerprint density at radius 1 is 1.07 bits per heavy atom. The second-order valence-corrected chi connectivity index (χ2v) is 11.7. The van der Waals surface area contributed by atoms with Gasteiger partial charge in [-0.05, 0) is 54.5 Å². The number of carbonyl (C=O) groups excluding carboxylic acids is 1. The van der Waals surface area contributed by atoms with Crippen molar-refractivity contribution in [2.24, 2.45) is 17.4 Å². The Morgan fingerprint density at radius 2 is 1.83 bits per heavy atom. The minimum absolute atomic E-state index is 0.0332. The normalized spacial score (nSPS) is 15.7. The van der Waals surface area contributed by atoms with E-state index in [1.807, 2.05) is 47.4 Å². The molecular weight excluding hydrogens is 528 g/mol. The Hall–Kier alpha value is -3.62. The highest BCUT2D eigenvalue weighted by molar-refractivity contribution is 7.80. The zero-order valence-electron chi connectivity index (χ0n) is 23.6. The summed E-state index contributed by atoms with van der Waals surface area (Å²) in [6.45, 7) is 2.44. The van der Waals surface area contributed by atoms with Gasteiger partial charge >= 0.3 is 0 Å². The molecular formula is C33H40N6OS. The van der Waals surface area contributed by atoms with Crippen LogP contribution < -0.4 is 11.5 Å². The van der Waals surface area contributed by atoms with Gasteiger partial charge in [0.25, 0.3) is 5.91 Å². The van der Waals surface area contributed by atoms with Crippen molar-refractivity contribution < 1.29 is 4.79 Å². The van der Waals surface area contributed by atoms with E-state index in [-0.39, 0.29) is 11.7 Å². The smallest absolute Gasteiger partial charge is 0.253 e. The first-order valence-corrected chi connectivity index (χ1v) is 15.1. The highest BCUT2D eigenvalue weighted by atomic mass is 32.1. The first kappa shape index (κ1) is 28.9. The number of carbonyl (C=O) groups is 1. The zero-order valence-corrected chi connectivity index (χ0v) is 24.5. The summed E-state index contributed by atoms with van der Waals surface area (Å²) in [5, 5.41) is 7.64. The second kappa shape index (κ2) is 13.4. The molecule has 0 aliphatic heterocycles. The number of aryl methyl sites for hydroxylation is 2. The van der Waals surface area contributed by atoms with Crippen molar-refractivity contribution in [3.05, 3.63) is 88.8 Å². The number of aromatic nitrogens is 2. The van der Waals surface area contributed by atoms with Gasteiger partial charge in [0.1, 0.15) is 11.7 Å². The lowest BCUT2D eigenvalue weighted by Crippen LogP contribution is -2.39. The molecule has 0 unspecified atom stereocenters. The van der Waals surface area contributed by atoms with E-state index in [9.17, 15) is 4.79 Å². The average Bonchev–Trinajstić information content (AvgIpc) is 3.33. The van der Waals surface area contributed by atoms with Crippen molar-refractivity contribution in [2.45, 2.75) is 57.9 Å². The summed E-state index contributed by atoms with van der Waals surface area (Å²) in [4.78, 5) is 21.6. The number of hydrogen-bond donors (Lipinski definition) is 3. The largest absolute Gasteiger partial charge is 0.384 e. The van der Waals surface area contributed by atoms with Gasteiger partial charge in [-0.1, -0.05) is 74.0 Å². The van der Waals surface area contributed by atoms with Crippen LogP contribution >= 0.6 is 12.2 Å². The maximum Gasteiger partial charge on any atom is 0.253 e. The van der Waals surface area contributed by atoms with Crippen LogP contribution in [0.15, 0.2) is 66.3 Å². The SMILES string of the molecule is N=C(N)c1ccc(CCc2nc3cc(C(=O)N(CCN)CC4CCCCC4)ccc3n2CC2=CC=CCC2=S)cc1. The number of imidazole rings is 1. The van der Waals surface area contributed by atoms with Crippen LogP contribution in [0, 0.1) is 11.3 Å². The van der Waals surface area contributed by atoms with Crippen LogP contribution in [0.2, 0.25) is 0 Å². The first-order chi connectivity index (χ1) is 19.9. The van der Waals surface area contributed by atoms with Gasteiger partial charge in [-0.15, -0.1) is 0 Å². The average molecular weight is 569 g/mol. The fourth-order valence-electron chi connectivity index (χ4n) is 5.98. The van der Waals surface area contributed by atoms with Crippen LogP contribution in [0.25, 0.3) is 11.0 Å². The van der Waals surface area contributed by atoms with Crippen LogP contribution in [-0.4, -0.2) is 50.7 Å². The van der Waals surface area contributed by atoms with Crippen molar-refractivity contribution in [3.63, 3.8) is 0 Å². The third-order valence-corrected chi connectivity index (χ3v) is 8.72. The first-order valence-electron chi connectivity index (χ1n) is 14.7. The monoisotopic (exact) mass is 568 g/mol. The standard InChI is InChI=1S/C33H40N6OS/c34-18-19-38(21-24-6-2-1-3-7-24)33(40)26-15-16-29-28(20-26)37-31(39(29)22-27-8-4-5-9-30(27)41)17-12-23-10-13-25(14-11-23)32(35)36/h4-5,8,10-11,13-16,20,24H,1-3,6-7,9,12,17-19,21-22,34H2,(H3,35,36). The lowest BCUT2D eigenvalue weighted by Gasteiger charge is -2.29. The summed E-state index contributed by atoms with van der Waals surface area (Å²) in [5.41, 5.74) is 17.0. The Kier molecular flexibility index (Phi) is 9.42. The number of nitrogens with two attached hydrogens (primary N) is 2. The van der Waals surface area contributed by atoms with Gasteiger partial charge in [-0.2, -0.15) is 0 Å². The van der Waals surface area contributed by atoms with E-state index in [4.69, 9.17) is 34.1 Å². The number of fused-ring (bicyclic) bond motifs is 1. The van der Waals surface area contributed by atoms with Gasteiger partial charge in [0.2, 0.25) is 0 Å². The van der Waals surface area contributed by atoms with Gasteiger partial charge in [-0.3, -0.25) is 10.2 Å². The molecule has 0 spiro atoms. The molecule has 2 aromatic carbocycles. The van der Waals surface area contributed by atoms with Crippen molar-refractivity contribution in [2.75, 3.05) is 19.6 Å². The predicted molar refractivity (Wildman–Crippen MR) is 171 cm³/mol. The molecule has 0 radical (unpaired) electrons. The van der Waals surface area contributed by atoms with Crippen molar-refractivity contribution in [3.8, 4) is 0 Å². The molecule has 0 bridgehead atoms. The highest BCUT2D eigenvalue weighted by Gasteiger charge is 2.23. The summed E-state index contributed by atoms with van der Waals surface area (Å²) in [7, 11) is 0. The van der Waals surface area contributed by atoms with Crippen LogP contribution in [0.1, 0.15) is 65.8 Å². The van der Waals surface area contributed by atoms with Crippen LogP contribution in [-0.2, 0) is 19.4 Å². The number of amides is 1.